The molecular weight excluding hydrogens is 412 g/mol. The average molecular weight is 445 g/mol. The third-order valence-corrected chi connectivity index (χ3v) is 6.05. The molecule has 33 heavy (non-hydrogen) atoms. The number of hydrogen-bond donors (Lipinski definition) is 2. The van der Waals surface area contributed by atoms with E-state index in [-0.39, 0.29) is 11.8 Å². The van der Waals surface area contributed by atoms with Crippen LogP contribution in [0.3, 0.4) is 0 Å². The standard InChI is InChI=1S/C27H32N4O2/c1-30(2)16-8-15-28-26(32)24-19-21(13-14-25(24)31-17-5-6-18-31)29-27(33)23-12-7-10-20-9-3-4-11-22(20)23/h3-4,7,9-14,19H,5-6,8,15-18H2,1-2H3,(H,28,32)(H,29,33). The monoisotopic (exact) mass is 444 g/mol. The maximum atomic E-state index is 13.1. The molecule has 0 unspecified atom stereocenters. The van der Waals surface area contributed by atoms with E-state index in [1.807, 2.05) is 68.7 Å². The summed E-state index contributed by atoms with van der Waals surface area (Å²) in [5, 5.41) is 7.98. The molecule has 4 rings (SSSR count). The zero-order chi connectivity index (χ0) is 23.2. The number of nitrogens with zero attached hydrogens (tertiary/aromatic N) is 2. The van der Waals surface area contributed by atoms with Gasteiger partial charge in [0.2, 0.25) is 0 Å². The predicted molar refractivity (Wildman–Crippen MR) is 135 cm³/mol. The van der Waals surface area contributed by atoms with Gasteiger partial charge in [0.1, 0.15) is 0 Å². The number of carbonyl (C=O) groups is 2. The molecule has 0 aromatic heterocycles. The quantitative estimate of drug-likeness (QED) is 0.506. The first-order chi connectivity index (χ1) is 16.0. The zero-order valence-electron chi connectivity index (χ0n) is 19.4. The molecular formula is C27H32N4O2. The van der Waals surface area contributed by atoms with Gasteiger partial charge in [-0.3, -0.25) is 9.59 Å². The van der Waals surface area contributed by atoms with Crippen molar-refractivity contribution >= 4 is 34.0 Å². The minimum absolute atomic E-state index is 0.100. The molecule has 3 aromatic carbocycles. The van der Waals surface area contributed by atoms with Crippen LogP contribution in [0.15, 0.2) is 60.7 Å². The van der Waals surface area contributed by atoms with Gasteiger partial charge < -0.3 is 20.4 Å². The summed E-state index contributed by atoms with van der Waals surface area (Å²) in [7, 11) is 4.05. The van der Waals surface area contributed by atoms with E-state index in [2.05, 4.69) is 20.4 Å². The summed E-state index contributed by atoms with van der Waals surface area (Å²) in [5.41, 5.74) is 2.78. The Morgan fingerprint density at radius 2 is 1.67 bits per heavy atom. The Labute approximate surface area is 195 Å². The van der Waals surface area contributed by atoms with Crippen LogP contribution in [0.1, 0.15) is 40.0 Å². The van der Waals surface area contributed by atoms with Crippen molar-refractivity contribution in [2.45, 2.75) is 19.3 Å². The normalized spacial score (nSPS) is 13.5. The van der Waals surface area contributed by atoms with Gasteiger partial charge in [-0.2, -0.15) is 0 Å². The maximum Gasteiger partial charge on any atom is 0.256 e. The molecule has 2 N–H and O–H groups in total. The van der Waals surface area contributed by atoms with Gasteiger partial charge >= 0.3 is 0 Å². The van der Waals surface area contributed by atoms with E-state index in [1.54, 1.807) is 6.07 Å². The summed E-state index contributed by atoms with van der Waals surface area (Å²) in [6.07, 6.45) is 3.14. The summed E-state index contributed by atoms with van der Waals surface area (Å²) in [6, 6.07) is 19.2. The molecule has 1 aliphatic heterocycles. The number of anilines is 2. The van der Waals surface area contributed by atoms with Gasteiger partial charge in [-0.25, -0.2) is 0 Å². The van der Waals surface area contributed by atoms with Crippen LogP contribution in [0.5, 0.6) is 0 Å². The molecule has 6 heteroatoms. The van der Waals surface area contributed by atoms with Crippen LogP contribution in [0, 0.1) is 0 Å². The van der Waals surface area contributed by atoms with Gasteiger partial charge in [-0.1, -0.05) is 36.4 Å². The summed E-state index contributed by atoms with van der Waals surface area (Å²) < 4.78 is 0. The van der Waals surface area contributed by atoms with E-state index in [0.717, 1.165) is 55.4 Å². The molecule has 172 valence electrons. The number of benzene rings is 3. The molecule has 0 aliphatic carbocycles. The second-order valence-electron chi connectivity index (χ2n) is 8.82. The van der Waals surface area contributed by atoms with E-state index >= 15 is 0 Å². The molecule has 1 saturated heterocycles. The highest BCUT2D eigenvalue weighted by molar-refractivity contribution is 6.13. The van der Waals surface area contributed by atoms with Crippen molar-refractivity contribution in [3.8, 4) is 0 Å². The van der Waals surface area contributed by atoms with Crippen molar-refractivity contribution in [2.75, 3.05) is 50.5 Å². The van der Waals surface area contributed by atoms with Gasteiger partial charge in [-0.05, 0) is 74.9 Å². The van der Waals surface area contributed by atoms with Crippen LogP contribution in [0.2, 0.25) is 0 Å². The Morgan fingerprint density at radius 1 is 0.909 bits per heavy atom. The lowest BCUT2D eigenvalue weighted by Gasteiger charge is -2.22. The molecule has 1 heterocycles. The van der Waals surface area contributed by atoms with Crippen molar-refractivity contribution in [1.82, 2.24) is 10.2 Å². The Bertz CT molecular complexity index is 1130. The first kappa shape index (κ1) is 22.8. The molecule has 3 aromatic rings. The first-order valence-corrected chi connectivity index (χ1v) is 11.6. The molecule has 2 amide bonds. The van der Waals surface area contributed by atoms with Gasteiger partial charge in [0.25, 0.3) is 11.8 Å². The van der Waals surface area contributed by atoms with E-state index in [4.69, 9.17) is 0 Å². The van der Waals surface area contributed by atoms with Crippen LogP contribution in [-0.2, 0) is 0 Å². The van der Waals surface area contributed by atoms with Crippen molar-refractivity contribution in [3.63, 3.8) is 0 Å². The van der Waals surface area contributed by atoms with Crippen LogP contribution >= 0.6 is 0 Å². The highest BCUT2D eigenvalue weighted by Crippen LogP contribution is 2.28. The predicted octanol–water partition coefficient (Wildman–Crippen LogP) is 4.37. The van der Waals surface area contributed by atoms with Crippen molar-refractivity contribution in [1.29, 1.82) is 0 Å². The van der Waals surface area contributed by atoms with E-state index in [0.29, 0.717) is 23.4 Å². The van der Waals surface area contributed by atoms with Crippen molar-refractivity contribution in [3.05, 3.63) is 71.8 Å². The third-order valence-electron chi connectivity index (χ3n) is 6.05. The number of hydrogen-bond acceptors (Lipinski definition) is 4. The minimum atomic E-state index is -0.182. The number of nitrogens with one attached hydrogen (secondary N) is 2. The fourth-order valence-corrected chi connectivity index (χ4v) is 4.34. The Kier molecular flexibility index (Phi) is 7.25. The highest BCUT2D eigenvalue weighted by atomic mass is 16.2. The number of amides is 2. The van der Waals surface area contributed by atoms with E-state index in [9.17, 15) is 9.59 Å². The van der Waals surface area contributed by atoms with Crippen LogP contribution in [0.25, 0.3) is 10.8 Å². The smallest absolute Gasteiger partial charge is 0.256 e. The van der Waals surface area contributed by atoms with E-state index in [1.165, 1.54) is 0 Å². The lowest BCUT2D eigenvalue weighted by atomic mass is 10.0. The lowest BCUT2D eigenvalue weighted by Crippen LogP contribution is -2.29. The number of rotatable bonds is 8. The summed E-state index contributed by atoms with van der Waals surface area (Å²) in [4.78, 5) is 30.5. The summed E-state index contributed by atoms with van der Waals surface area (Å²) >= 11 is 0. The Hall–Kier alpha value is -3.38. The summed E-state index contributed by atoms with van der Waals surface area (Å²) in [5.74, 6) is -0.282. The second-order valence-corrected chi connectivity index (χ2v) is 8.82. The van der Waals surface area contributed by atoms with Crippen LogP contribution in [0.4, 0.5) is 11.4 Å². The molecule has 1 aliphatic rings. The Balaban J connectivity index is 1.56. The molecule has 0 bridgehead atoms. The van der Waals surface area contributed by atoms with Crippen molar-refractivity contribution in [2.24, 2.45) is 0 Å². The lowest BCUT2D eigenvalue weighted by molar-refractivity contribution is 0.0951. The highest BCUT2D eigenvalue weighted by Gasteiger charge is 2.21. The molecule has 6 nitrogen and oxygen atoms in total. The number of fused-ring (bicyclic) bond motifs is 1. The maximum absolute atomic E-state index is 13.1. The zero-order valence-corrected chi connectivity index (χ0v) is 19.4. The van der Waals surface area contributed by atoms with Crippen LogP contribution in [-0.4, -0.2) is 57.0 Å². The van der Waals surface area contributed by atoms with Gasteiger partial charge in [0, 0.05) is 36.6 Å². The van der Waals surface area contributed by atoms with Crippen LogP contribution < -0.4 is 15.5 Å². The Morgan fingerprint density at radius 3 is 2.45 bits per heavy atom. The second kappa shape index (κ2) is 10.5. The van der Waals surface area contributed by atoms with Gasteiger partial charge in [0.15, 0.2) is 0 Å². The minimum Gasteiger partial charge on any atom is -0.371 e. The molecule has 0 saturated carbocycles. The molecule has 0 spiro atoms. The fourth-order valence-electron chi connectivity index (χ4n) is 4.34. The van der Waals surface area contributed by atoms with Crippen molar-refractivity contribution < 1.29 is 9.59 Å². The average Bonchev–Trinajstić information content (AvgIpc) is 3.36. The van der Waals surface area contributed by atoms with Gasteiger partial charge in [0.05, 0.1) is 5.56 Å². The van der Waals surface area contributed by atoms with Gasteiger partial charge in [-0.15, -0.1) is 0 Å². The number of carbonyl (C=O) groups excluding carboxylic acids is 2. The molecule has 0 radical (unpaired) electrons. The SMILES string of the molecule is CN(C)CCCNC(=O)c1cc(NC(=O)c2cccc3ccccc23)ccc1N1CCCC1. The topological polar surface area (TPSA) is 64.7 Å². The fraction of sp³-hybridized carbons (Fsp3) is 0.333. The third kappa shape index (κ3) is 5.52. The largest absolute Gasteiger partial charge is 0.371 e. The summed E-state index contributed by atoms with van der Waals surface area (Å²) in [6.45, 7) is 3.43. The molecule has 1 fully saturated rings. The molecule has 0 atom stereocenters. The first-order valence-electron chi connectivity index (χ1n) is 11.6. The van der Waals surface area contributed by atoms with E-state index < -0.39 is 0 Å².